The second-order valence-corrected chi connectivity index (χ2v) is 30.8. The van der Waals surface area contributed by atoms with Crippen molar-refractivity contribution in [3.63, 3.8) is 0 Å². The topological polar surface area (TPSA) is 340 Å². The van der Waals surface area contributed by atoms with Gasteiger partial charge in [-0.2, -0.15) is 0 Å². The number of rotatable bonds is 46. The zero-order valence-corrected chi connectivity index (χ0v) is 67.9. The predicted octanol–water partition coefficient (Wildman–Crippen LogP) is 13.9. The van der Waals surface area contributed by atoms with Gasteiger partial charge < -0.3 is 50.4 Å². The van der Waals surface area contributed by atoms with Crippen molar-refractivity contribution < 1.29 is 100 Å². The van der Waals surface area contributed by atoms with Gasteiger partial charge in [0, 0.05) is 82.7 Å². The fraction of sp³-hybridized carbons (Fsp3) is 0.852. The number of hydrogen-bond acceptors (Lipinski definition) is 16. The Bertz CT molecular complexity index is 2990. The number of carboxylic acid groups (broad SMARTS) is 2. The Hall–Kier alpha value is -5.48. The molecule has 3 aliphatic rings. The SMILES string of the molecule is [2H]C([2H])(C(C)C)[C@H](CC)C(=O)O.[2H]C([2H])([2H])C([2H])(C)C[C@H](CC(=O)[C@H]1O[C@@H]1C(C)=O)C(=O)NCCC(C)C.[2H][C@@](CC(=O)[C@H]1O[C@@H]1C(=O)OCC)(CC(C)C)C(=O)NCCC(C)C.[2H][C@@](CC(=O)[C@H]1O[C@@H]1C(C)=O)(CC(C)C)C(=O)NCCC(C)C.[2H][C@@](CC)(CC(C)C)C(=O)NCCC(C)C.[2H][C@@](CC)(CC(C)C)C(=O)O. The van der Waals surface area contributed by atoms with Crippen LogP contribution in [0, 0.1) is 94.6 Å². The fourth-order valence-electron chi connectivity index (χ4n) is 10.1. The summed E-state index contributed by atoms with van der Waals surface area (Å²) in [6, 6.07) is 0. The van der Waals surface area contributed by atoms with Gasteiger partial charge in [-0.25, -0.2) is 4.79 Å². The number of nitrogens with one attached hydrogen (secondary N) is 4. The quantitative estimate of drug-likeness (QED) is 0.0243. The minimum atomic E-state index is -2.58. The van der Waals surface area contributed by atoms with Gasteiger partial charge in [0.15, 0.2) is 41.1 Å². The van der Waals surface area contributed by atoms with Gasteiger partial charge in [0.2, 0.25) is 23.6 Å². The van der Waals surface area contributed by atoms with Crippen molar-refractivity contribution in [2.45, 2.75) is 319 Å². The van der Waals surface area contributed by atoms with Gasteiger partial charge in [0.05, 0.1) is 18.4 Å². The molecule has 0 spiro atoms. The van der Waals surface area contributed by atoms with E-state index in [1.807, 2.05) is 62.3 Å². The van der Waals surface area contributed by atoms with Crippen molar-refractivity contribution in [3.05, 3.63) is 0 Å². The van der Waals surface area contributed by atoms with Crippen LogP contribution in [0.2, 0.25) is 0 Å². The van der Waals surface area contributed by atoms with Crippen LogP contribution in [-0.2, 0) is 76.5 Å². The molecule has 0 radical (unpaired) electrons. The zero-order chi connectivity index (χ0) is 89.0. The lowest BCUT2D eigenvalue weighted by atomic mass is 9.90. The summed E-state index contributed by atoms with van der Waals surface area (Å²) in [6.45, 7) is 46.2. The highest BCUT2D eigenvalue weighted by molar-refractivity contribution is 5.99. The van der Waals surface area contributed by atoms with Crippen LogP contribution in [0.15, 0.2) is 0 Å². The average Bonchev–Trinajstić information content (AvgIpc) is 1.67. The van der Waals surface area contributed by atoms with Gasteiger partial charge in [-0.3, -0.25) is 52.7 Å². The third kappa shape index (κ3) is 51.4. The molecule has 0 saturated carbocycles. The summed E-state index contributed by atoms with van der Waals surface area (Å²) < 4.78 is 98.5. The van der Waals surface area contributed by atoms with Crippen LogP contribution >= 0.6 is 0 Å². The molecule has 0 aromatic rings. The van der Waals surface area contributed by atoms with E-state index in [0.717, 1.165) is 25.7 Å². The number of ether oxygens (including phenoxy) is 4. The first-order valence-corrected chi connectivity index (χ1v) is 37.8. The van der Waals surface area contributed by atoms with E-state index in [1.165, 1.54) is 20.8 Å². The molecule has 0 aromatic heterocycles. The zero-order valence-electron chi connectivity index (χ0n) is 77.9. The monoisotopic (exact) mass is 1480 g/mol. The Labute approximate surface area is 636 Å². The van der Waals surface area contributed by atoms with Gasteiger partial charge in [-0.05, 0) is 163 Å². The summed E-state index contributed by atoms with van der Waals surface area (Å²) in [5.74, 6) is -12.1. The summed E-state index contributed by atoms with van der Waals surface area (Å²) in [6.07, 6.45) is -1.18. The number of epoxide rings is 3. The number of ketones is 5. The second-order valence-electron chi connectivity index (χ2n) is 30.8. The first-order chi connectivity index (χ1) is 51.5. The molecule has 22 nitrogen and oxygen atoms in total. The molecule has 6 N–H and O–H groups in total. The summed E-state index contributed by atoms with van der Waals surface area (Å²) in [5.41, 5.74) is 0. The molecule has 22 heteroatoms. The van der Waals surface area contributed by atoms with Gasteiger partial charge in [-0.1, -0.05) is 159 Å². The van der Waals surface area contributed by atoms with Crippen molar-refractivity contribution in [2.24, 2.45) is 94.6 Å². The molecule has 600 valence electrons. The Morgan fingerprint density at radius 3 is 0.971 bits per heavy atom. The predicted molar refractivity (Wildman–Crippen MR) is 407 cm³/mol. The number of amides is 4. The van der Waals surface area contributed by atoms with Crippen LogP contribution in [0.3, 0.4) is 0 Å². The van der Waals surface area contributed by atoms with E-state index in [0.29, 0.717) is 94.3 Å². The van der Waals surface area contributed by atoms with E-state index >= 15 is 0 Å². The summed E-state index contributed by atoms with van der Waals surface area (Å²) in [5, 5.41) is 28.6. The molecule has 3 saturated heterocycles. The van der Waals surface area contributed by atoms with Gasteiger partial charge in [-0.15, -0.1) is 0 Å². The normalized spacial score (nSPS) is 22.2. The highest BCUT2D eigenvalue weighted by Crippen LogP contribution is 2.31. The van der Waals surface area contributed by atoms with E-state index < -0.39 is 138 Å². The molecular formula is C81H148N4O18. The first kappa shape index (κ1) is 83.2. The Balaban J connectivity index is -0.00000132. The maximum absolute atomic E-state index is 12.5. The summed E-state index contributed by atoms with van der Waals surface area (Å²) in [7, 11) is 0. The third-order valence-electron chi connectivity index (χ3n) is 15.9. The Morgan fingerprint density at radius 1 is 0.388 bits per heavy atom. The molecule has 0 aromatic carbocycles. The van der Waals surface area contributed by atoms with E-state index in [2.05, 4.69) is 76.7 Å². The number of carbonyl (C=O) groups is 12. The molecule has 4 amide bonds. The maximum Gasteiger partial charge on any atom is 0.338 e. The van der Waals surface area contributed by atoms with E-state index in [-0.39, 0.29) is 85.6 Å². The van der Waals surface area contributed by atoms with Gasteiger partial charge in [0.1, 0.15) is 24.4 Å². The molecule has 103 heavy (non-hydrogen) atoms. The van der Waals surface area contributed by atoms with Crippen molar-refractivity contribution in [2.75, 3.05) is 32.8 Å². The summed E-state index contributed by atoms with van der Waals surface area (Å²) in [4.78, 5) is 141. The van der Waals surface area contributed by atoms with Gasteiger partial charge in [0.25, 0.3) is 0 Å². The van der Waals surface area contributed by atoms with Crippen LogP contribution in [0.4, 0.5) is 0 Å². The third-order valence-corrected chi connectivity index (χ3v) is 15.9. The van der Waals surface area contributed by atoms with Crippen molar-refractivity contribution in [1.82, 2.24) is 21.3 Å². The number of carboxylic acids is 2. The molecule has 0 aliphatic carbocycles. The number of hydrogen-bond donors (Lipinski definition) is 6. The van der Waals surface area contributed by atoms with Crippen molar-refractivity contribution in [3.8, 4) is 0 Å². The highest BCUT2D eigenvalue weighted by atomic mass is 16.6. The minimum absolute atomic E-state index is 0.0853. The number of carbonyl (C=O) groups excluding carboxylic acids is 10. The van der Waals surface area contributed by atoms with E-state index in [4.69, 9.17) is 42.9 Å². The van der Waals surface area contributed by atoms with Crippen LogP contribution in [0.1, 0.15) is 296 Å². The van der Waals surface area contributed by atoms with E-state index in [9.17, 15) is 57.5 Å². The fourth-order valence-corrected chi connectivity index (χ4v) is 10.1. The Kier molecular flexibility index (Phi) is 45.1. The lowest BCUT2D eigenvalue weighted by molar-refractivity contribution is -0.145. The molecule has 3 fully saturated rings. The maximum atomic E-state index is 12.5. The molecule has 0 bridgehead atoms. The standard InChI is InChI=1S/C18H31NO5.2C17H29NO4.C13H27NO.2C8H16O2/c1-6-23-18(22)16-15(24-16)14(20)10-13(9-12(4)5)17(21)19-8-7-11(2)3;2*1-10(2)6-7-18-17(21)13(8-11(3)4)9-14(20)16-15(22-16)12(5)19;1-6-12(9-11(4)5)13(15)14-8-7-10(2)3;2*1-4-7(8(9)10)5-6(2)3/h11-13,15-16H,6-10H2,1-5H3,(H,19,21);2*10-11,13,15-16H,6-9H2,1-5H3,(H,18,21);10-12H,6-9H2,1-5H3,(H,14,15);2*6-7H,4-5H2,1-3H3,(H,9,10)/t13-,15+,16-;13-,15+,16+;13-,15-,16-;12-;2*7-/m001110/s1/i2*13D;3D3,11D;12D;7D;5D2/t2m;11?,13-,15-,16-;3m. The molecule has 3 rings (SSSR count). The average molecular weight is 1480 g/mol. The molecule has 3 heterocycles. The largest absolute Gasteiger partial charge is 0.481 e. The van der Waals surface area contributed by atoms with Crippen molar-refractivity contribution in [1.29, 1.82) is 0 Å². The smallest absolute Gasteiger partial charge is 0.338 e. The second kappa shape index (κ2) is 55.9. The number of aliphatic carboxylic acids is 2. The van der Waals surface area contributed by atoms with Crippen LogP contribution in [0.25, 0.3) is 0 Å². The lowest BCUT2D eigenvalue weighted by Gasteiger charge is -2.18. The number of Topliss-reactive ketones (excluding diaryl/α,β-unsaturated/α-hetero) is 5. The van der Waals surface area contributed by atoms with Crippen molar-refractivity contribution >= 4 is 70.5 Å². The van der Waals surface area contributed by atoms with Crippen LogP contribution in [0.5, 0.6) is 0 Å². The summed E-state index contributed by atoms with van der Waals surface area (Å²) >= 11 is 0. The molecule has 13 atom stereocenters. The Morgan fingerprint density at radius 2 is 0.709 bits per heavy atom. The lowest BCUT2D eigenvalue weighted by Crippen LogP contribution is -2.35. The van der Waals surface area contributed by atoms with Crippen LogP contribution in [-0.4, -0.2) is 150 Å². The minimum Gasteiger partial charge on any atom is -0.481 e. The van der Waals surface area contributed by atoms with Gasteiger partial charge >= 0.3 is 17.9 Å². The van der Waals surface area contributed by atoms with Crippen LogP contribution < -0.4 is 21.3 Å². The first-order valence-electron chi connectivity index (χ1n) is 42.8. The molecule has 3 aliphatic heterocycles. The highest BCUT2D eigenvalue weighted by Gasteiger charge is 2.52. The molecular weight excluding hydrogens is 1320 g/mol. The van der Waals surface area contributed by atoms with E-state index in [1.54, 1.807) is 34.6 Å². The number of esters is 1. The molecule has 1 unspecified atom stereocenters.